The van der Waals surface area contributed by atoms with Crippen molar-refractivity contribution in [3.63, 3.8) is 0 Å². The number of hydrogen-bond donors (Lipinski definition) is 2. The maximum absolute atomic E-state index is 10.4. The molecule has 0 heterocycles. The van der Waals surface area contributed by atoms with Gasteiger partial charge < -0.3 is 15.6 Å². The van der Waals surface area contributed by atoms with E-state index in [9.17, 15) is 5.11 Å². The highest BCUT2D eigenvalue weighted by molar-refractivity contribution is 5.88. The molecule has 0 aliphatic carbocycles. The predicted molar refractivity (Wildman–Crippen MR) is 69.1 cm³/mol. The van der Waals surface area contributed by atoms with Crippen LogP contribution in [0.3, 0.4) is 0 Å². The standard InChI is InChI=1S/C14H17NO2/c1-14(16,9-15)13-11-6-4-3-5-10(11)7-8-12(13)17-2/h3-8,16H,9,15H2,1-2H3. The van der Waals surface area contributed by atoms with Crippen LogP contribution in [0.2, 0.25) is 0 Å². The van der Waals surface area contributed by atoms with E-state index in [4.69, 9.17) is 10.5 Å². The van der Waals surface area contributed by atoms with Crippen molar-refractivity contribution in [2.24, 2.45) is 5.73 Å². The third-order valence-corrected chi connectivity index (χ3v) is 3.05. The van der Waals surface area contributed by atoms with E-state index < -0.39 is 5.60 Å². The van der Waals surface area contributed by atoms with Crippen molar-refractivity contribution in [3.8, 4) is 5.75 Å². The molecular weight excluding hydrogens is 214 g/mol. The highest BCUT2D eigenvalue weighted by Gasteiger charge is 2.27. The van der Waals surface area contributed by atoms with Crippen molar-refractivity contribution in [1.29, 1.82) is 0 Å². The van der Waals surface area contributed by atoms with Crippen molar-refractivity contribution >= 4 is 10.8 Å². The highest BCUT2D eigenvalue weighted by Crippen LogP contribution is 2.35. The Morgan fingerprint density at radius 3 is 2.59 bits per heavy atom. The number of benzene rings is 2. The molecule has 90 valence electrons. The van der Waals surface area contributed by atoms with Crippen LogP contribution in [-0.2, 0) is 5.60 Å². The molecule has 2 aromatic carbocycles. The van der Waals surface area contributed by atoms with E-state index in [-0.39, 0.29) is 6.54 Å². The lowest BCUT2D eigenvalue weighted by Gasteiger charge is -2.25. The fourth-order valence-corrected chi connectivity index (χ4v) is 2.08. The molecule has 0 saturated carbocycles. The van der Waals surface area contributed by atoms with E-state index in [2.05, 4.69) is 0 Å². The number of rotatable bonds is 3. The van der Waals surface area contributed by atoms with Crippen molar-refractivity contribution in [3.05, 3.63) is 42.0 Å². The van der Waals surface area contributed by atoms with E-state index in [0.717, 1.165) is 16.3 Å². The summed E-state index contributed by atoms with van der Waals surface area (Å²) >= 11 is 0. The zero-order valence-electron chi connectivity index (χ0n) is 10.1. The number of methoxy groups -OCH3 is 1. The summed E-state index contributed by atoms with van der Waals surface area (Å²) in [6, 6.07) is 11.7. The van der Waals surface area contributed by atoms with E-state index in [1.807, 2.05) is 36.4 Å². The fourth-order valence-electron chi connectivity index (χ4n) is 2.08. The van der Waals surface area contributed by atoms with Gasteiger partial charge in [-0.15, -0.1) is 0 Å². The second-order valence-electron chi connectivity index (χ2n) is 4.34. The first-order chi connectivity index (χ1) is 8.10. The molecule has 0 aliphatic heterocycles. The molecule has 0 aromatic heterocycles. The second-order valence-corrected chi connectivity index (χ2v) is 4.34. The van der Waals surface area contributed by atoms with Crippen molar-refractivity contribution in [2.45, 2.75) is 12.5 Å². The van der Waals surface area contributed by atoms with E-state index >= 15 is 0 Å². The van der Waals surface area contributed by atoms with Gasteiger partial charge in [0.15, 0.2) is 0 Å². The first-order valence-electron chi connectivity index (χ1n) is 5.59. The number of ether oxygens (including phenoxy) is 1. The van der Waals surface area contributed by atoms with Crippen molar-refractivity contribution < 1.29 is 9.84 Å². The van der Waals surface area contributed by atoms with E-state index in [1.54, 1.807) is 14.0 Å². The Balaban J connectivity index is 2.80. The van der Waals surface area contributed by atoms with Crippen molar-refractivity contribution in [1.82, 2.24) is 0 Å². The Morgan fingerprint density at radius 2 is 1.94 bits per heavy atom. The maximum atomic E-state index is 10.4. The van der Waals surface area contributed by atoms with E-state index in [0.29, 0.717) is 5.75 Å². The molecule has 2 rings (SSSR count). The molecule has 0 spiro atoms. The molecule has 0 amide bonds. The fraction of sp³-hybridized carbons (Fsp3) is 0.286. The Morgan fingerprint density at radius 1 is 1.24 bits per heavy atom. The molecule has 0 saturated heterocycles. The molecular formula is C14H17NO2. The average Bonchev–Trinajstić information content (AvgIpc) is 2.37. The number of hydrogen-bond acceptors (Lipinski definition) is 3. The largest absolute Gasteiger partial charge is 0.496 e. The van der Waals surface area contributed by atoms with Gasteiger partial charge in [0.05, 0.1) is 7.11 Å². The van der Waals surface area contributed by atoms with Crippen LogP contribution in [0.15, 0.2) is 36.4 Å². The van der Waals surface area contributed by atoms with Crippen LogP contribution in [0.1, 0.15) is 12.5 Å². The lowest BCUT2D eigenvalue weighted by Crippen LogP contribution is -2.32. The molecule has 3 N–H and O–H groups in total. The first kappa shape index (κ1) is 11.9. The predicted octanol–water partition coefficient (Wildman–Crippen LogP) is 2.01. The van der Waals surface area contributed by atoms with Gasteiger partial charge in [-0.1, -0.05) is 30.3 Å². The highest BCUT2D eigenvalue weighted by atomic mass is 16.5. The quantitative estimate of drug-likeness (QED) is 0.849. The topological polar surface area (TPSA) is 55.5 Å². The molecule has 0 fully saturated rings. The summed E-state index contributed by atoms with van der Waals surface area (Å²) in [4.78, 5) is 0. The SMILES string of the molecule is COc1ccc2ccccc2c1C(C)(O)CN. The third kappa shape index (κ3) is 1.99. The molecule has 2 aromatic rings. The van der Waals surface area contributed by atoms with Crippen LogP contribution in [0.4, 0.5) is 0 Å². The van der Waals surface area contributed by atoms with Crippen LogP contribution >= 0.6 is 0 Å². The van der Waals surface area contributed by atoms with Crippen LogP contribution in [0.25, 0.3) is 10.8 Å². The van der Waals surface area contributed by atoms with Gasteiger partial charge in [0.1, 0.15) is 11.4 Å². The smallest absolute Gasteiger partial charge is 0.125 e. The van der Waals surface area contributed by atoms with Gasteiger partial charge >= 0.3 is 0 Å². The molecule has 3 nitrogen and oxygen atoms in total. The van der Waals surface area contributed by atoms with Gasteiger partial charge in [-0.25, -0.2) is 0 Å². The molecule has 0 radical (unpaired) electrons. The zero-order chi connectivity index (χ0) is 12.5. The van der Waals surface area contributed by atoms with Gasteiger partial charge in [-0.3, -0.25) is 0 Å². The summed E-state index contributed by atoms with van der Waals surface area (Å²) in [5.74, 6) is 0.666. The van der Waals surface area contributed by atoms with Gasteiger partial charge in [0, 0.05) is 12.1 Å². The van der Waals surface area contributed by atoms with Crippen LogP contribution in [0.5, 0.6) is 5.75 Å². The minimum Gasteiger partial charge on any atom is -0.496 e. The van der Waals surface area contributed by atoms with Gasteiger partial charge in [-0.05, 0) is 23.8 Å². The normalized spacial score (nSPS) is 14.6. The van der Waals surface area contributed by atoms with Crippen molar-refractivity contribution in [2.75, 3.05) is 13.7 Å². The Kier molecular flexibility index (Phi) is 3.05. The Labute approximate surface area is 101 Å². The summed E-state index contributed by atoms with van der Waals surface area (Å²) < 4.78 is 5.33. The summed E-state index contributed by atoms with van der Waals surface area (Å²) in [7, 11) is 1.60. The molecule has 1 atom stereocenters. The molecule has 17 heavy (non-hydrogen) atoms. The number of fused-ring (bicyclic) bond motifs is 1. The van der Waals surface area contributed by atoms with Gasteiger partial charge in [-0.2, -0.15) is 0 Å². The lowest BCUT2D eigenvalue weighted by molar-refractivity contribution is 0.0657. The maximum Gasteiger partial charge on any atom is 0.125 e. The lowest BCUT2D eigenvalue weighted by atomic mass is 9.90. The monoisotopic (exact) mass is 231 g/mol. The summed E-state index contributed by atoms with van der Waals surface area (Å²) in [6.45, 7) is 1.86. The van der Waals surface area contributed by atoms with Gasteiger partial charge in [0.2, 0.25) is 0 Å². The average molecular weight is 231 g/mol. The third-order valence-electron chi connectivity index (χ3n) is 3.05. The summed E-state index contributed by atoms with van der Waals surface area (Å²) in [6.07, 6.45) is 0. The number of aliphatic hydroxyl groups is 1. The molecule has 3 heteroatoms. The Hall–Kier alpha value is -1.58. The zero-order valence-corrected chi connectivity index (χ0v) is 10.1. The number of nitrogens with two attached hydrogens (primary N) is 1. The molecule has 0 bridgehead atoms. The van der Waals surface area contributed by atoms with Gasteiger partial charge in [0.25, 0.3) is 0 Å². The molecule has 1 unspecified atom stereocenters. The molecule has 0 aliphatic rings. The summed E-state index contributed by atoms with van der Waals surface area (Å²) in [5, 5.41) is 12.4. The summed E-state index contributed by atoms with van der Waals surface area (Å²) in [5.41, 5.74) is 5.31. The van der Waals surface area contributed by atoms with E-state index in [1.165, 1.54) is 0 Å². The minimum absolute atomic E-state index is 0.150. The second kappa shape index (κ2) is 4.35. The van der Waals surface area contributed by atoms with Crippen LogP contribution < -0.4 is 10.5 Å². The van der Waals surface area contributed by atoms with Crippen LogP contribution in [0, 0.1) is 0 Å². The first-order valence-corrected chi connectivity index (χ1v) is 5.59. The Bertz CT molecular complexity index is 535. The van der Waals surface area contributed by atoms with Crippen LogP contribution in [-0.4, -0.2) is 18.8 Å². The minimum atomic E-state index is -1.09.